The van der Waals surface area contributed by atoms with E-state index < -0.39 is 143 Å². The van der Waals surface area contributed by atoms with E-state index in [-0.39, 0.29) is 37.8 Å². The Balaban J connectivity index is 0.00000939. The molecule has 0 bridgehead atoms. The van der Waals surface area contributed by atoms with E-state index in [2.05, 4.69) is 103 Å². The van der Waals surface area contributed by atoms with Crippen LogP contribution < -0.4 is 30.1 Å². The molecule has 0 atom stereocenters. The molecule has 1 aliphatic rings. The first-order valence-electron chi connectivity index (χ1n) is 40.0. The van der Waals surface area contributed by atoms with Gasteiger partial charge in [0, 0.05) is 55.1 Å². The average molecular weight is 1450 g/mol. The molecule has 17 aromatic rings. The van der Waals surface area contributed by atoms with Crippen LogP contribution in [-0.2, 0) is 26.5 Å². The molecule has 6 nitrogen and oxygen atoms in total. The third kappa shape index (κ3) is 9.39. The zero-order valence-electron chi connectivity index (χ0n) is 69.6. The van der Waals surface area contributed by atoms with Crippen molar-refractivity contribution in [1.82, 2.24) is 18.7 Å². The molecule has 4 aromatic heterocycles. The maximum Gasteiger partial charge on any atom is 0.268 e. The van der Waals surface area contributed by atoms with Crippen LogP contribution in [-0.4, -0.2) is 26.8 Å². The van der Waals surface area contributed by atoms with Crippen LogP contribution in [0.4, 0.5) is 0 Å². The Morgan fingerprint density at radius 2 is 1.01 bits per heavy atom. The molecule has 0 saturated heterocycles. The first-order valence-corrected chi connectivity index (χ1v) is 33.0. The number of benzene rings is 13. The second kappa shape index (κ2) is 23.4. The quantitative estimate of drug-likeness (QED) is 0.0593. The summed E-state index contributed by atoms with van der Waals surface area (Å²) >= 11 is 0. The van der Waals surface area contributed by atoms with Gasteiger partial charge in [0.2, 0.25) is 0 Å². The predicted octanol–water partition coefficient (Wildman–Crippen LogP) is 18.3. The molecule has 0 saturated carbocycles. The van der Waals surface area contributed by atoms with Gasteiger partial charge in [-0.25, -0.2) is 4.98 Å². The summed E-state index contributed by atoms with van der Waals surface area (Å²) in [5.74, 6) is 1.28. The van der Waals surface area contributed by atoms with Gasteiger partial charge in [-0.1, -0.05) is 262 Å². The molecule has 0 fully saturated rings. The van der Waals surface area contributed by atoms with Gasteiger partial charge in [0.1, 0.15) is 5.82 Å². The Bertz CT molecular complexity index is 6870. The molecule has 0 spiro atoms. The molecular formula is C88H61N5OPtSi-2. The van der Waals surface area contributed by atoms with Crippen LogP contribution in [0, 0.1) is 18.5 Å². The summed E-state index contributed by atoms with van der Waals surface area (Å²) in [6.07, 6.45) is 5.65. The van der Waals surface area contributed by atoms with E-state index >= 15 is 0 Å². The van der Waals surface area contributed by atoms with E-state index in [1.165, 1.54) is 0 Å². The second-order valence-corrected chi connectivity index (χ2v) is 27.9. The van der Waals surface area contributed by atoms with Crippen molar-refractivity contribution in [3.8, 4) is 78.9 Å². The van der Waals surface area contributed by atoms with Crippen LogP contribution in [0.25, 0.3) is 122 Å². The summed E-state index contributed by atoms with van der Waals surface area (Å²) in [6.45, 7) is 6.46. The minimum atomic E-state index is -6.15. The van der Waals surface area contributed by atoms with Crippen molar-refractivity contribution in [2.75, 3.05) is 0 Å². The van der Waals surface area contributed by atoms with Crippen molar-refractivity contribution in [2.24, 2.45) is 0 Å². The third-order valence-corrected chi connectivity index (χ3v) is 22.1. The van der Waals surface area contributed by atoms with E-state index in [4.69, 9.17) is 13.8 Å². The van der Waals surface area contributed by atoms with Crippen molar-refractivity contribution >= 4 is 83.5 Å². The molecule has 13 aromatic carbocycles. The number of fused-ring (bicyclic) bond motifs is 13. The number of nitrogens with zero attached hydrogens (tertiary/aromatic N) is 5. The Hall–Kier alpha value is -11.2. The van der Waals surface area contributed by atoms with Gasteiger partial charge in [-0.05, 0) is 130 Å². The number of aromatic nitrogens is 5. The molecule has 96 heavy (non-hydrogen) atoms. The van der Waals surface area contributed by atoms with Crippen LogP contribution in [0.1, 0.15) is 51.0 Å². The first-order chi connectivity index (χ1) is 54.2. The van der Waals surface area contributed by atoms with E-state index in [1.807, 2.05) is 126 Å². The number of imidazole rings is 1. The van der Waals surface area contributed by atoms with Crippen LogP contribution in [0.3, 0.4) is 0 Å². The smallest absolute Gasteiger partial charge is 0.268 e. The SMILES string of the molecule is [2H]c1cc([2H])c([Si](c2c([2H])c([2H])c([2H])c([2H])c2[2H])(c2c([2H])c([2H])c([2H])c([2H])c2[2H])c2c([2H])c([2H])c([2H])c(-c3cc4c5c(c3)n(-c3[c-]c(Oc6[c-]c7c(cc6)c6ccccc6n7-c6cc(C(C)(C)C)ccn6)ccc3)[c-][n+]5-c3c(cccc3-n3c5ccccc5c5ccccc53)-c3ccccc3-c3ccccc3-4)c2[2H])c([2H])c1[2H].[Pt]. The summed E-state index contributed by atoms with van der Waals surface area (Å²) in [5.41, 5.74) is 10.6. The number of rotatable bonds is 10. The number of hydrogen-bond donors (Lipinski definition) is 0. The topological polar surface area (TPSA) is 40.8 Å². The molecule has 0 radical (unpaired) electrons. The molecule has 8 heteroatoms. The number of para-hydroxylation sites is 4. The summed E-state index contributed by atoms with van der Waals surface area (Å²) in [5, 5.41) is 0.521. The maximum atomic E-state index is 11.1. The van der Waals surface area contributed by atoms with E-state index in [1.54, 1.807) is 28.8 Å². The summed E-state index contributed by atoms with van der Waals surface area (Å²) < 4.78 is 189. The Morgan fingerprint density at radius 3 is 1.69 bits per heavy atom. The van der Waals surface area contributed by atoms with Crippen LogP contribution in [0.5, 0.6) is 11.5 Å². The minimum absolute atomic E-state index is 0. The van der Waals surface area contributed by atoms with Crippen molar-refractivity contribution in [1.29, 1.82) is 0 Å². The summed E-state index contributed by atoms with van der Waals surface area (Å²) in [4.78, 5) is 4.90. The molecule has 0 N–H and O–H groups in total. The number of pyridine rings is 1. The van der Waals surface area contributed by atoms with Gasteiger partial charge in [-0.15, -0.1) is 29.7 Å². The monoisotopic (exact) mass is 1440 g/mol. The Labute approximate surface area is 598 Å². The summed E-state index contributed by atoms with van der Waals surface area (Å²) in [7, 11) is -6.15. The zero-order chi connectivity index (χ0) is 79.0. The maximum absolute atomic E-state index is 11.1. The van der Waals surface area contributed by atoms with Crippen molar-refractivity contribution in [2.45, 2.75) is 26.2 Å². The zero-order valence-corrected chi connectivity index (χ0v) is 54.9. The van der Waals surface area contributed by atoms with Gasteiger partial charge >= 0.3 is 0 Å². The number of hydrogen-bond acceptors (Lipinski definition) is 2. The van der Waals surface area contributed by atoms with Gasteiger partial charge in [-0.3, -0.25) is 4.57 Å². The minimum Gasteiger partial charge on any atom is -0.510 e. The largest absolute Gasteiger partial charge is 0.510 e. The number of ether oxygens (including phenoxy) is 1. The molecule has 5 heterocycles. The van der Waals surface area contributed by atoms with Gasteiger partial charge in [0.15, 0.2) is 8.07 Å². The Morgan fingerprint density at radius 1 is 0.448 bits per heavy atom. The van der Waals surface area contributed by atoms with Gasteiger partial charge in [0.25, 0.3) is 6.33 Å². The van der Waals surface area contributed by atoms with Gasteiger partial charge < -0.3 is 18.4 Å². The molecular weight excluding hydrogens is 1370 g/mol. The second-order valence-electron chi connectivity index (χ2n) is 24.4. The fourth-order valence-corrected chi connectivity index (χ4v) is 17.5. The van der Waals surface area contributed by atoms with Gasteiger partial charge in [-0.2, -0.15) is 18.2 Å². The average Bonchev–Trinajstić information content (AvgIpc) is 1.61. The molecule has 0 amide bonds. The van der Waals surface area contributed by atoms with Crippen molar-refractivity contribution < 1.29 is 55.0 Å². The van der Waals surface area contributed by atoms with Crippen molar-refractivity contribution in [3.63, 3.8) is 0 Å². The normalized spacial score (nSPS) is 14.7. The van der Waals surface area contributed by atoms with Crippen LogP contribution >= 0.6 is 0 Å². The van der Waals surface area contributed by atoms with E-state index in [9.17, 15) is 20.6 Å². The standard InChI is InChI=1S/C88H61N5OSi.Pt/c1-88(2,3)61-50-51-89-85(55-61)93-81-46-22-19-42-75(81)76-49-48-64(57-83(76)93)94-63-28-24-27-62(56-63)90-58-91-86-77(43-25-47-82(86)92-79-44-20-17-40-73(79)74-41-18-21-45-80(74)92)71-38-15-13-36-69(71)70-37-14-16-39-72(70)78-53-60(54-84(90)87(78)91)59-26-23-35-68(52-59)95(65-29-7-4-8-30-65,66-31-9-5-10-32-66)67-33-11-6-12-34-67;/h4-55H,1-3H3;/q-2;/i4D,5D,6D,7D,8D,9D,10D,11D,23D,26D,29D,30D,31D,32D,33D,34D,35D,52D;. The first kappa shape index (κ1) is 42.2. The van der Waals surface area contributed by atoms with Crippen LogP contribution in [0.2, 0.25) is 0 Å². The predicted molar refractivity (Wildman–Crippen MR) is 392 cm³/mol. The van der Waals surface area contributed by atoms with E-state index in [0.29, 0.717) is 50.6 Å². The van der Waals surface area contributed by atoms with Gasteiger partial charge in [0.05, 0.1) is 58.1 Å². The molecule has 0 unspecified atom stereocenters. The van der Waals surface area contributed by atoms with Crippen LogP contribution in [0.15, 0.2) is 315 Å². The molecule has 1 aliphatic heterocycles. The molecule has 460 valence electrons. The van der Waals surface area contributed by atoms with Crippen molar-refractivity contribution in [3.05, 3.63) is 339 Å². The van der Waals surface area contributed by atoms with E-state index in [0.717, 1.165) is 77.7 Å². The molecule has 0 aliphatic carbocycles. The summed E-state index contributed by atoms with van der Waals surface area (Å²) in [6, 6.07) is 53.8. The Kier molecular flexibility index (Phi) is 10.3. The molecule has 18 rings (SSSR count). The fourth-order valence-electron chi connectivity index (χ4n) is 13.9. The fraction of sp³-hybridized carbons (Fsp3) is 0.0455. The third-order valence-electron chi connectivity index (χ3n) is 18.1.